The van der Waals surface area contributed by atoms with Crippen LogP contribution < -0.4 is 5.73 Å². The van der Waals surface area contributed by atoms with Gasteiger partial charge in [0.1, 0.15) is 6.34 Å². The fraction of sp³-hybridized carbons (Fsp3) is 0.333. The van der Waals surface area contributed by atoms with E-state index in [1.165, 1.54) is 0 Å². The summed E-state index contributed by atoms with van der Waals surface area (Å²) in [5.74, 6) is -1.60. The fourth-order valence-electron chi connectivity index (χ4n) is 0.368. The third kappa shape index (κ3) is 1.08. The summed E-state index contributed by atoms with van der Waals surface area (Å²) >= 11 is 0. The second kappa shape index (κ2) is 1.90. The maximum Gasteiger partial charge on any atom is 0.382 e. The molecule has 0 aliphatic carbocycles. The number of hydrogen-bond acceptors (Lipinski definition) is 6. The highest BCUT2D eigenvalue weighted by molar-refractivity contribution is 5.57. The summed E-state index contributed by atoms with van der Waals surface area (Å²) in [7, 11) is 0. The summed E-state index contributed by atoms with van der Waals surface area (Å²) in [5, 5.41) is 6.56. The lowest BCUT2D eigenvalue weighted by atomic mass is 10.8. The van der Waals surface area contributed by atoms with Crippen LogP contribution in [0.1, 0.15) is 0 Å². The minimum atomic E-state index is -1.60. The van der Waals surface area contributed by atoms with Crippen molar-refractivity contribution in [1.82, 2.24) is 0 Å². The first kappa shape index (κ1) is 5.83. The van der Waals surface area contributed by atoms with Gasteiger partial charge in [0.2, 0.25) is 0 Å². The Bertz CT molecular complexity index is 163. The van der Waals surface area contributed by atoms with Crippen molar-refractivity contribution in [3.05, 3.63) is 0 Å². The highest BCUT2D eigenvalue weighted by Crippen LogP contribution is 2.09. The molecule has 1 unspecified atom stereocenters. The summed E-state index contributed by atoms with van der Waals surface area (Å²) in [5.41, 5.74) is 5.16. The van der Waals surface area contributed by atoms with E-state index >= 15 is 0 Å². The van der Waals surface area contributed by atoms with Gasteiger partial charge in [0.25, 0.3) is 6.47 Å². The van der Waals surface area contributed by atoms with Crippen LogP contribution in [0.5, 0.6) is 0 Å². The smallest absolute Gasteiger partial charge is 0.382 e. The first-order chi connectivity index (χ1) is 4.27. The van der Waals surface area contributed by atoms with Crippen molar-refractivity contribution >= 4 is 12.8 Å². The molecule has 6 heteroatoms. The van der Waals surface area contributed by atoms with Gasteiger partial charge < -0.3 is 4.74 Å². The van der Waals surface area contributed by atoms with E-state index in [-0.39, 0.29) is 6.47 Å². The molecule has 48 valence electrons. The molecule has 0 aromatic rings. The average Bonchev–Trinajstić information content (AvgIpc) is 2.16. The number of aliphatic imine (C=N–C) groups is 1. The van der Waals surface area contributed by atoms with Crippen LogP contribution in [0, 0.1) is 0 Å². The average molecular weight is 128 g/mol. The monoisotopic (exact) mass is 128 g/mol. The predicted molar refractivity (Wildman–Crippen MR) is 27.4 cm³/mol. The summed E-state index contributed by atoms with van der Waals surface area (Å²) in [4.78, 5) is 13.1. The van der Waals surface area contributed by atoms with Crippen LogP contribution in [0.25, 0.3) is 0 Å². The van der Waals surface area contributed by atoms with E-state index in [9.17, 15) is 4.79 Å². The van der Waals surface area contributed by atoms with Crippen LogP contribution >= 0.6 is 0 Å². The van der Waals surface area contributed by atoms with E-state index in [0.717, 1.165) is 6.34 Å². The third-order valence-corrected chi connectivity index (χ3v) is 0.717. The number of ether oxygens (including phenoxy) is 1. The summed E-state index contributed by atoms with van der Waals surface area (Å²) < 4.78 is 4.23. The molecule has 0 radical (unpaired) electrons. The van der Waals surface area contributed by atoms with Gasteiger partial charge in [0, 0.05) is 0 Å². The summed E-state index contributed by atoms with van der Waals surface area (Å²) in [6, 6.07) is 0. The van der Waals surface area contributed by atoms with Crippen LogP contribution in [0.3, 0.4) is 0 Å². The molecule has 1 atom stereocenters. The van der Waals surface area contributed by atoms with E-state index < -0.39 is 5.97 Å². The van der Waals surface area contributed by atoms with Crippen molar-refractivity contribution in [2.45, 2.75) is 5.97 Å². The SMILES string of the molecule is NC1(OC=O)N=CN=N1. The molecule has 1 aliphatic rings. The molecule has 0 saturated heterocycles. The molecule has 2 N–H and O–H groups in total. The molecular weight excluding hydrogens is 124 g/mol. The van der Waals surface area contributed by atoms with Crippen LogP contribution in [-0.2, 0) is 9.53 Å². The zero-order valence-electron chi connectivity index (χ0n) is 4.39. The first-order valence-electron chi connectivity index (χ1n) is 2.13. The normalized spacial score (nSPS) is 30.8. The van der Waals surface area contributed by atoms with E-state index in [0.29, 0.717) is 0 Å². The Morgan fingerprint density at radius 3 is 3.00 bits per heavy atom. The first-order valence-corrected chi connectivity index (χ1v) is 2.13. The number of nitrogens with two attached hydrogens (primary N) is 1. The Kier molecular flexibility index (Phi) is 1.23. The minimum Gasteiger partial charge on any atom is -0.404 e. The zero-order valence-corrected chi connectivity index (χ0v) is 4.39. The van der Waals surface area contributed by atoms with Crippen molar-refractivity contribution in [3.63, 3.8) is 0 Å². The Labute approximate surface area is 50.4 Å². The van der Waals surface area contributed by atoms with Gasteiger partial charge in [0.05, 0.1) is 0 Å². The summed E-state index contributed by atoms with van der Waals surface area (Å²) in [6.45, 7) is 0.168. The molecule has 0 aromatic heterocycles. The molecule has 0 spiro atoms. The van der Waals surface area contributed by atoms with E-state index in [4.69, 9.17) is 5.73 Å². The van der Waals surface area contributed by atoms with Gasteiger partial charge in [-0.2, -0.15) is 4.99 Å². The van der Waals surface area contributed by atoms with Crippen molar-refractivity contribution < 1.29 is 9.53 Å². The highest BCUT2D eigenvalue weighted by Gasteiger charge is 2.26. The Morgan fingerprint density at radius 2 is 2.56 bits per heavy atom. The fourth-order valence-corrected chi connectivity index (χ4v) is 0.368. The Hall–Kier alpha value is -1.30. The zero-order chi connectivity index (χ0) is 6.74. The molecule has 0 aromatic carbocycles. The van der Waals surface area contributed by atoms with Crippen LogP contribution in [0.2, 0.25) is 0 Å². The number of hydrogen-bond donors (Lipinski definition) is 1. The van der Waals surface area contributed by atoms with E-state index in [1.807, 2.05) is 0 Å². The van der Waals surface area contributed by atoms with E-state index in [2.05, 4.69) is 20.0 Å². The molecular formula is C3H4N4O2. The molecule has 1 rings (SSSR count). The van der Waals surface area contributed by atoms with Crippen molar-refractivity contribution in [2.75, 3.05) is 0 Å². The van der Waals surface area contributed by atoms with Crippen LogP contribution in [-0.4, -0.2) is 18.8 Å². The number of carbonyl (C=O) groups is 1. The molecule has 0 saturated carbocycles. The maximum atomic E-state index is 9.69. The van der Waals surface area contributed by atoms with Crippen molar-refractivity contribution in [1.29, 1.82) is 0 Å². The molecule has 6 nitrogen and oxygen atoms in total. The lowest BCUT2D eigenvalue weighted by Crippen LogP contribution is -2.36. The Morgan fingerprint density at radius 1 is 1.78 bits per heavy atom. The van der Waals surface area contributed by atoms with Gasteiger partial charge in [0.15, 0.2) is 0 Å². The largest absolute Gasteiger partial charge is 0.404 e. The summed E-state index contributed by atoms with van der Waals surface area (Å²) in [6.07, 6.45) is 1.11. The minimum absolute atomic E-state index is 0.168. The third-order valence-electron chi connectivity index (χ3n) is 0.717. The molecule has 0 bridgehead atoms. The number of azo groups is 1. The van der Waals surface area contributed by atoms with Crippen molar-refractivity contribution in [2.24, 2.45) is 21.0 Å². The standard InChI is InChI=1S/C3H4N4O2/c4-3(9-2-8)5-1-6-7-3/h1-2H,4H2. The van der Waals surface area contributed by atoms with Gasteiger partial charge in [-0.3, -0.25) is 10.5 Å². The van der Waals surface area contributed by atoms with Gasteiger partial charge in [-0.05, 0) is 0 Å². The highest BCUT2D eigenvalue weighted by atomic mass is 16.6. The molecule has 0 amide bonds. The lowest BCUT2D eigenvalue weighted by Gasteiger charge is -2.09. The number of rotatable bonds is 2. The lowest BCUT2D eigenvalue weighted by molar-refractivity contribution is -0.141. The van der Waals surface area contributed by atoms with Gasteiger partial charge in [-0.1, -0.05) is 5.11 Å². The quantitative estimate of drug-likeness (QED) is 0.391. The molecule has 9 heavy (non-hydrogen) atoms. The van der Waals surface area contributed by atoms with Gasteiger partial charge in [-0.25, -0.2) is 0 Å². The van der Waals surface area contributed by atoms with Crippen LogP contribution in [0.4, 0.5) is 0 Å². The Balaban J connectivity index is 2.63. The molecule has 0 fully saturated rings. The van der Waals surface area contributed by atoms with Gasteiger partial charge >= 0.3 is 5.97 Å². The topological polar surface area (TPSA) is 89.4 Å². The number of nitrogens with zero attached hydrogens (tertiary/aromatic N) is 3. The second-order valence-electron chi connectivity index (χ2n) is 1.33. The van der Waals surface area contributed by atoms with Gasteiger partial charge in [-0.15, -0.1) is 5.11 Å². The second-order valence-corrected chi connectivity index (χ2v) is 1.33. The number of carbonyl (C=O) groups excluding carboxylic acids is 1. The van der Waals surface area contributed by atoms with Crippen LogP contribution in [0.15, 0.2) is 15.2 Å². The van der Waals surface area contributed by atoms with Crippen molar-refractivity contribution in [3.8, 4) is 0 Å². The van der Waals surface area contributed by atoms with E-state index in [1.54, 1.807) is 0 Å². The predicted octanol–water partition coefficient (Wildman–Crippen LogP) is -0.777. The maximum absolute atomic E-state index is 9.69. The molecule has 1 aliphatic heterocycles. The molecule has 1 heterocycles.